The first-order valence-electron chi connectivity index (χ1n) is 9.22. The third-order valence-electron chi connectivity index (χ3n) is 5.26. The number of amides is 1. The van der Waals surface area contributed by atoms with Crippen LogP contribution in [0.3, 0.4) is 0 Å². The van der Waals surface area contributed by atoms with Crippen LogP contribution in [0.1, 0.15) is 47.2 Å². The summed E-state index contributed by atoms with van der Waals surface area (Å²) in [7, 11) is -3.22. The SMILES string of the molecule is CS(=O)(=O)N1CCCN(C(=O)CCC(=O)c2ccc3c(c2)CCC3)CC1. The van der Waals surface area contributed by atoms with Gasteiger partial charge in [-0.05, 0) is 42.9 Å². The first kappa shape index (κ1) is 19.0. The van der Waals surface area contributed by atoms with E-state index in [1.807, 2.05) is 18.2 Å². The topological polar surface area (TPSA) is 74.8 Å². The molecule has 0 aromatic heterocycles. The largest absolute Gasteiger partial charge is 0.341 e. The number of rotatable bonds is 5. The van der Waals surface area contributed by atoms with Crippen molar-refractivity contribution in [3.8, 4) is 0 Å². The molecule has 0 unspecified atom stereocenters. The molecule has 1 amide bonds. The lowest BCUT2D eigenvalue weighted by atomic mass is 10.0. The van der Waals surface area contributed by atoms with E-state index in [9.17, 15) is 18.0 Å². The fourth-order valence-electron chi connectivity index (χ4n) is 3.74. The van der Waals surface area contributed by atoms with Crippen LogP contribution < -0.4 is 0 Å². The fraction of sp³-hybridized carbons (Fsp3) is 0.579. The second kappa shape index (κ2) is 7.88. The summed E-state index contributed by atoms with van der Waals surface area (Å²) in [4.78, 5) is 26.5. The lowest BCUT2D eigenvalue weighted by Crippen LogP contribution is -2.37. The molecule has 6 nitrogen and oxygen atoms in total. The van der Waals surface area contributed by atoms with Crippen molar-refractivity contribution >= 4 is 21.7 Å². The quantitative estimate of drug-likeness (QED) is 0.730. The summed E-state index contributed by atoms with van der Waals surface area (Å²) in [5.74, 6) is -0.0736. The Balaban J connectivity index is 1.53. The van der Waals surface area contributed by atoms with Crippen LogP contribution in [0.15, 0.2) is 18.2 Å². The van der Waals surface area contributed by atoms with Crippen LogP contribution in [0.25, 0.3) is 0 Å². The Hall–Kier alpha value is -1.73. The first-order chi connectivity index (χ1) is 12.3. The highest BCUT2D eigenvalue weighted by atomic mass is 32.2. The van der Waals surface area contributed by atoms with E-state index in [2.05, 4.69) is 0 Å². The molecule has 2 aliphatic rings. The molecule has 0 atom stereocenters. The van der Waals surface area contributed by atoms with Crippen LogP contribution in [-0.2, 0) is 27.7 Å². The van der Waals surface area contributed by atoms with Crippen molar-refractivity contribution in [1.82, 2.24) is 9.21 Å². The van der Waals surface area contributed by atoms with Crippen LogP contribution in [0, 0.1) is 0 Å². The van der Waals surface area contributed by atoms with Gasteiger partial charge in [-0.2, -0.15) is 0 Å². The molecule has 0 spiro atoms. The van der Waals surface area contributed by atoms with Gasteiger partial charge in [-0.25, -0.2) is 12.7 Å². The molecule has 0 N–H and O–H groups in total. The molecule has 0 radical (unpaired) electrons. The second-order valence-electron chi connectivity index (χ2n) is 7.16. The number of fused-ring (bicyclic) bond motifs is 1. The molecule has 1 aromatic rings. The Morgan fingerprint density at radius 3 is 2.50 bits per heavy atom. The Morgan fingerprint density at radius 2 is 1.73 bits per heavy atom. The summed E-state index contributed by atoms with van der Waals surface area (Å²) in [6, 6.07) is 5.88. The van der Waals surface area contributed by atoms with Crippen LogP contribution in [0.5, 0.6) is 0 Å². The molecule has 7 heteroatoms. The molecule has 1 aliphatic heterocycles. The average molecular weight is 378 g/mol. The third kappa shape index (κ3) is 4.51. The summed E-state index contributed by atoms with van der Waals surface area (Å²) in [6.07, 6.45) is 5.45. The maximum atomic E-state index is 12.4. The van der Waals surface area contributed by atoms with Gasteiger partial charge in [-0.3, -0.25) is 9.59 Å². The lowest BCUT2D eigenvalue weighted by molar-refractivity contribution is -0.131. The minimum Gasteiger partial charge on any atom is -0.341 e. The summed E-state index contributed by atoms with van der Waals surface area (Å²) >= 11 is 0. The summed E-state index contributed by atoms with van der Waals surface area (Å²) < 4.78 is 24.7. The van der Waals surface area contributed by atoms with E-state index in [1.54, 1.807) is 4.90 Å². The molecule has 26 heavy (non-hydrogen) atoms. The van der Waals surface area contributed by atoms with Crippen LogP contribution >= 0.6 is 0 Å². The average Bonchev–Trinajstić information content (AvgIpc) is 2.91. The number of nitrogens with zero attached hydrogens (tertiary/aromatic N) is 2. The van der Waals surface area contributed by atoms with Gasteiger partial charge in [-0.1, -0.05) is 12.1 Å². The smallest absolute Gasteiger partial charge is 0.223 e. The van der Waals surface area contributed by atoms with E-state index in [0.717, 1.165) is 19.3 Å². The Labute approximate surface area is 155 Å². The molecule has 3 rings (SSSR count). The minimum atomic E-state index is -3.22. The van der Waals surface area contributed by atoms with Crippen molar-refractivity contribution in [2.45, 2.75) is 38.5 Å². The van der Waals surface area contributed by atoms with Crippen molar-refractivity contribution in [3.63, 3.8) is 0 Å². The highest BCUT2D eigenvalue weighted by Crippen LogP contribution is 2.23. The van der Waals surface area contributed by atoms with E-state index < -0.39 is 10.0 Å². The van der Waals surface area contributed by atoms with Gasteiger partial charge in [0.15, 0.2) is 5.78 Å². The number of carbonyl (C=O) groups excluding carboxylic acids is 2. The van der Waals surface area contributed by atoms with Gasteiger partial charge in [0, 0.05) is 44.6 Å². The van der Waals surface area contributed by atoms with Crippen LogP contribution in [0.4, 0.5) is 0 Å². The molecule has 1 aliphatic carbocycles. The summed E-state index contributed by atoms with van der Waals surface area (Å²) in [6.45, 7) is 1.69. The third-order valence-corrected chi connectivity index (χ3v) is 6.57. The van der Waals surface area contributed by atoms with Gasteiger partial charge in [-0.15, -0.1) is 0 Å². The zero-order valence-electron chi connectivity index (χ0n) is 15.2. The predicted octanol–water partition coefficient (Wildman–Crippen LogP) is 1.63. The van der Waals surface area contributed by atoms with E-state index in [4.69, 9.17) is 0 Å². The molecule has 1 aromatic carbocycles. The van der Waals surface area contributed by atoms with Crippen molar-refractivity contribution < 1.29 is 18.0 Å². The van der Waals surface area contributed by atoms with Crippen molar-refractivity contribution in [3.05, 3.63) is 34.9 Å². The van der Waals surface area contributed by atoms with Crippen molar-refractivity contribution in [2.75, 3.05) is 32.4 Å². The standard InChI is InChI=1S/C19H26N2O4S/c1-26(24,25)21-11-3-10-20(12-13-21)19(23)9-8-18(22)17-7-6-15-4-2-5-16(15)14-17/h6-7,14H,2-5,8-13H2,1H3. The highest BCUT2D eigenvalue weighted by molar-refractivity contribution is 7.88. The maximum absolute atomic E-state index is 12.4. The monoisotopic (exact) mass is 378 g/mol. The molecule has 0 bridgehead atoms. The number of sulfonamides is 1. The Kier molecular flexibility index (Phi) is 5.77. The molecule has 1 fully saturated rings. The Morgan fingerprint density at radius 1 is 0.962 bits per heavy atom. The van der Waals surface area contributed by atoms with Gasteiger partial charge in [0.1, 0.15) is 0 Å². The second-order valence-corrected chi connectivity index (χ2v) is 9.14. The van der Waals surface area contributed by atoms with E-state index in [1.165, 1.54) is 21.7 Å². The van der Waals surface area contributed by atoms with Gasteiger partial charge in [0.2, 0.25) is 15.9 Å². The zero-order chi connectivity index (χ0) is 18.7. The van der Waals surface area contributed by atoms with Gasteiger partial charge in [0.05, 0.1) is 6.26 Å². The first-order valence-corrected chi connectivity index (χ1v) is 11.1. The zero-order valence-corrected chi connectivity index (χ0v) is 16.1. The van der Waals surface area contributed by atoms with Crippen molar-refractivity contribution in [2.24, 2.45) is 0 Å². The molecular formula is C19H26N2O4S. The van der Waals surface area contributed by atoms with Gasteiger partial charge < -0.3 is 4.90 Å². The molecule has 142 valence electrons. The van der Waals surface area contributed by atoms with Crippen LogP contribution in [-0.4, -0.2) is 61.7 Å². The number of aryl methyl sites for hydroxylation is 2. The number of ketones is 1. The number of Topliss-reactive ketones (excluding diaryl/α,β-unsaturated/α-hetero) is 1. The van der Waals surface area contributed by atoms with Crippen molar-refractivity contribution in [1.29, 1.82) is 0 Å². The van der Waals surface area contributed by atoms with Crippen LogP contribution in [0.2, 0.25) is 0 Å². The molecular weight excluding hydrogens is 352 g/mol. The maximum Gasteiger partial charge on any atom is 0.223 e. The van der Waals surface area contributed by atoms with E-state index in [-0.39, 0.29) is 24.5 Å². The fourth-order valence-corrected chi connectivity index (χ4v) is 4.62. The molecule has 1 saturated heterocycles. The van der Waals surface area contributed by atoms with Gasteiger partial charge in [0.25, 0.3) is 0 Å². The highest BCUT2D eigenvalue weighted by Gasteiger charge is 2.24. The molecule has 1 heterocycles. The van der Waals surface area contributed by atoms with E-state index >= 15 is 0 Å². The normalized spacial score (nSPS) is 18.4. The Bertz CT molecular complexity index is 804. The number of benzene rings is 1. The molecule has 0 saturated carbocycles. The van der Waals surface area contributed by atoms with Gasteiger partial charge >= 0.3 is 0 Å². The van der Waals surface area contributed by atoms with E-state index in [0.29, 0.717) is 38.2 Å². The number of carbonyl (C=O) groups is 2. The number of hydrogen-bond acceptors (Lipinski definition) is 4. The summed E-state index contributed by atoms with van der Waals surface area (Å²) in [5, 5.41) is 0. The minimum absolute atomic E-state index is 0.000587. The predicted molar refractivity (Wildman–Crippen MR) is 99.6 cm³/mol. The number of hydrogen-bond donors (Lipinski definition) is 0. The summed E-state index contributed by atoms with van der Waals surface area (Å²) in [5.41, 5.74) is 3.28. The lowest BCUT2D eigenvalue weighted by Gasteiger charge is -2.21.